The minimum Gasteiger partial charge on any atom is -0.475 e. The Hall–Kier alpha value is -2.37. The number of carbonyl (C=O) groups is 1. The zero-order valence-electron chi connectivity index (χ0n) is 8.97. The molecule has 0 atom stereocenters. The first kappa shape index (κ1) is 12.1. The highest BCUT2D eigenvalue weighted by molar-refractivity contribution is 5.86. The summed E-state index contributed by atoms with van der Waals surface area (Å²) < 4.78 is 33.2. The van der Waals surface area contributed by atoms with Crippen LogP contribution in [0.1, 0.15) is 10.6 Å². The molecule has 0 spiro atoms. The molecule has 0 aliphatic rings. The number of alkyl halides is 2. The zero-order chi connectivity index (χ0) is 13.1. The number of hydrogen-bond acceptors (Lipinski definition) is 3. The van der Waals surface area contributed by atoms with E-state index >= 15 is 0 Å². The molecular weight excluding hydrogens is 246 g/mol. The fourth-order valence-corrected chi connectivity index (χ4v) is 1.45. The van der Waals surface area contributed by atoms with E-state index < -0.39 is 12.6 Å². The van der Waals surface area contributed by atoms with Crippen molar-refractivity contribution in [1.82, 2.24) is 0 Å². The highest BCUT2D eigenvalue weighted by Crippen LogP contribution is 2.26. The van der Waals surface area contributed by atoms with Gasteiger partial charge in [-0.15, -0.1) is 0 Å². The maximum atomic E-state index is 12.0. The molecule has 0 aliphatic heterocycles. The summed E-state index contributed by atoms with van der Waals surface area (Å²) in [4.78, 5) is 10.6. The molecule has 1 heterocycles. The van der Waals surface area contributed by atoms with Crippen molar-refractivity contribution < 1.29 is 27.8 Å². The van der Waals surface area contributed by atoms with Gasteiger partial charge in [-0.05, 0) is 23.8 Å². The van der Waals surface area contributed by atoms with Gasteiger partial charge in [0.25, 0.3) is 0 Å². The molecule has 1 aromatic carbocycles. The van der Waals surface area contributed by atoms with Crippen LogP contribution >= 0.6 is 0 Å². The van der Waals surface area contributed by atoms with Gasteiger partial charge in [-0.1, -0.05) is 12.1 Å². The maximum Gasteiger partial charge on any atom is 0.387 e. The van der Waals surface area contributed by atoms with Gasteiger partial charge in [-0.3, -0.25) is 0 Å². The number of ether oxygens (including phenoxy) is 1. The molecule has 1 N–H and O–H groups in total. The molecule has 0 saturated carbocycles. The van der Waals surface area contributed by atoms with Crippen LogP contribution in [0.15, 0.2) is 41.0 Å². The highest BCUT2D eigenvalue weighted by Gasteiger charge is 2.11. The molecule has 18 heavy (non-hydrogen) atoms. The molecule has 0 radical (unpaired) electrons. The van der Waals surface area contributed by atoms with Gasteiger partial charge in [-0.2, -0.15) is 8.78 Å². The van der Waals surface area contributed by atoms with E-state index in [9.17, 15) is 13.6 Å². The summed E-state index contributed by atoms with van der Waals surface area (Å²) in [6, 6.07) is 7.23. The van der Waals surface area contributed by atoms with E-state index in [1.165, 1.54) is 30.5 Å². The standard InChI is InChI=1S/C12H8F2O4/c13-12(14)18-9-3-1-2-7(4-9)8-5-10(11(15)16)17-6-8/h1-6,12H,(H,15,16). The number of carboxylic acids is 1. The molecule has 0 fully saturated rings. The van der Waals surface area contributed by atoms with Crippen molar-refractivity contribution in [3.63, 3.8) is 0 Å². The summed E-state index contributed by atoms with van der Waals surface area (Å²) in [5.41, 5.74) is 1.01. The van der Waals surface area contributed by atoms with Crippen molar-refractivity contribution >= 4 is 5.97 Å². The Bertz CT molecular complexity index is 563. The summed E-state index contributed by atoms with van der Waals surface area (Å²) in [5.74, 6) is -1.41. The lowest BCUT2D eigenvalue weighted by Gasteiger charge is -2.05. The van der Waals surface area contributed by atoms with Crippen LogP contribution < -0.4 is 4.74 Å². The normalized spacial score (nSPS) is 10.6. The average Bonchev–Trinajstić information content (AvgIpc) is 2.77. The van der Waals surface area contributed by atoms with Crippen LogP contribution in [-0.4, -0.2) is 17.7 Å². The number of aromatic carboxylic acids is 1. The molecule has 94 valence electrons. The Balaban J connectivity index is 2.29. The monoisotopic (exact) mass is 254 g/mol. The summed E-state index contributed by atoms with van der Waals surface area (Å²) in [6.07, 6.45) is 1.24. The molecular formula is C12H8F2O4. The SMILES string of the molecule is O=C(O)c1cc(-c2cccc(OC(F)F)c2)co1. The summed E-state index contributed by atoms with van der Waals surface area (Å²) in [5, 5.41) is 8.70. The van der Waals surface area contributed by atoms with Gasteiger partial charge in [0.15, 0.2) is 0 Å². The quantitative estimate of drug-likeness (QED) is 0.909. The Kier molecular flexibility index (Phi) is 3.27. The smallest absolute Gasteiger partial charge is 0.387 e. The molecule has 2 aromatic rings. The van der Waals surface area contributed by atoms with E-state index in [0.717, 1.165) is 0 Å². The van der Waals surface area contributed by atoms with Crippen molar-refractivity contribution in [2.75, 3.05) is 0 Å². The van der Waals surface area contributed by atoms with E-state index in [0.29, 0.717) is 11.1 Å². The number of hydrogen-bond donors (Lipinski definition) is 1. The Morgan fingerprint density at radius 2 is 2.06 bits per heavy atom. The van der Waals surface area contributed by atoms with E-state index in [-0.39, 0.29) is 11.5 Å². The first-order valence-corrected chi connectivity index (χ1v) is 4.93. The fraction of sp³-hybridized carbons (Fsp3) is 0.0833. The molecule has 6 heteroatoms. The number of halogens is 2. The summed E-state index contributed by atoms with van der Waals surface area (Å²) >= 11 is 0. The van der Waals surface area contributed by atoms with Crippen LogP contribution in [0.2, 0.25) is 0 Å². The first-order chi connectivity index (χ1) is 8.56. The number of rotatable bonds is 4. The minimum absolute atomic E-state index is 0.000532. The van der Waals surface area contributed by atoms with E-state index in [4.69, 9.17) is 9.52 Å². The van der Waals surface area contributed by atoms with Crippen molar-refractivity contribution in [1.29, 1.82) is 0 Å². The second-order valence-corrected chi connectivity index (χ2v) is 3.41. The fourth-order valence-electron chi connectivity index (χ4n) is 1.45. The van der Waals surface area contributed by atoms with Crippen molar-refractivity contribution in [3.8, 4) is 16.9 Å². The van der Waals surface area contributed by atoms with E-state index in [1.807, 2.05) is 0 Å². The van der Waals surface area contributed by atoms with Gasteiger partial charge in [0.05, 0.1) is 6.26 Å². The van der Waals surface area contributed by atoms with Crippen molar-refractivity contribution in [2.24, 2.45) is 0 Å². The van der Waals surface area contributed by atoms with Crippen LogP contribution in [0.4, 0.5) is 8.78 Å². The molecule has 4 nitrogen and oxygen atoms in total. The third-order valence-electron chi connectivity index (χ3n) is 2.20. The van der Waals surface area contributed by atoms with Crippen LogP contribution in [-0.2, 0) is 0 Å². The highest BCUT2D eigenvalue weighted by atomic mass is 19.3. The summed E-state index contributed by atoms with van der Waals surface area (Å²) in [7, 11) is 0. The maximum absolute atomic E-state index is 12.0. The van der Waals surface area contributed by atoms with Crippen LogP contribution in [0.3, 0.4) is 0 Å². The summed E-state index contributed by atoms with van der Waals surface area (Å²) in [6.45, 7) is -2.90. The van der Waals surface area contributed by atoms with Crippen molar-refractivity contribution in [2.45, 2.75) is 6.61 Å². The van der Waals surface area contributed by atoms with Crippen LogP contribution in [0.5, 0.6) is 5.75 Å². The molecule has 0 bridgehead atoms. The topological polar surface area (TPSA) is 59.7 Å². The van der Waals surface area contributed by atoms with Gasteiger partial charge in [0.2, 0.25) is 5.76 Å². The Morgan fingerprint density at radius 3 is 2.67 bits per heavy atom. The molecule has 0 unspecified atom stereocenters. The predicted molar refractivity (Wildman–Crippen MR) is 57.7 cm³/mol. The van der Waals surface area contributed by atoms with Gasteiger partial charge >= 0.3 is 12.6 Å². The largest absolute Gasteiger partial charge is 0.475 e. The third kappa shape index (κ3) is 2.65. The lowest BCUT2D eigenvalue weighted by atomic mass is 10.1. The van der Waals surface area contributed by atoms with E-state index in [2.05, 4.69) is 4.74 Å². The molecule has 0 aliphatic carbocycles. The molecule has 2 rings (SSSR count). The molecule has 0 amide bonds. The van der Waals surface area contributed by atoms with Gasteiger partial charge in [0, 0.05) is 5.56 Å². The van der Waals surface area contributed by atoms with Crippen LogP contribution in [0, 0.1) is 0 Å². The Labute approximate surface area is 100 Å². The minimum atomic E-state index is -2.90. The van der Waals surface area contributed by atoms with Crippen molar-refractivity contribution in [3.05, 3.63) is 42.4 Å². The van der Waals surface area contributed by atoms with Gasteiger partial charge < -0.3 is 14.3 Å². The molecule has 1 aromatic heterocycles. The lowest BCUT2D eigenvalue weighted by molar-refractivity contribution is -0.0498. The van der Waals surface area contributed by atoms with E-state index in [1.54, 1.807) is 6.07 Å². The lowest BCUT2D eigenvalue weighted by Crippen LogP contribution is -2.01. The number of carboxylic acid groups (broad SMARTS) is 1. The second-order valence-electron chi connectivity index (χ2n) is 3.41. The third-order valence-corrected chi connectivity index (χ3v) is 2.20. The second kappa shape index (κ2) is 4.87. The first-order valence-electron chi connectivity index (χ1n) is 4.93. The predicted octanol–water partition coefficient (Wildman–Crippen LogP) is 3.25. The number of furan rings is 1. The average molecular weight is 254 g/mol. The molecule has 0 saturated heterocycles. The van der Waals surface area contributed by atoms with Crippen LogP contribution in [0.25, 0.3) is 11.1 Å². The van der Waals surface area contributed by atoms with Gasteiger partial charge in [-0.25, -0.2) is 4.79 Å². The number of benzene rings is 1. The Morgan fingerprint density at radius 1 is 1.28 bits per heavy atom. The zero-order valence-corrected chi connectivity index (χ0v) is 8.97. The van der Waals surface area contributed by atoms with Gasteiger partial charge in [0.1, 0.15) is 5.75 Å².